The number of phenols is 1. The number of nitrogen functional groups attached to an aromatic ring is 1. The Bertz CT molecular complexity index is 555. The second-order valence-corrected chi connectivity index (χ2v) is 9.60. The van der Waals surface area contributed by atoms with E-state index in [0.717, 1.165) is 17.7 Å². The van der Waals surface area contributed by atoms with Crippen LogP contribution in [-0.4, -0.2) is 11.7 Å². The molecule has 0 amide bonds. The van der Waals surface area contributed by atoms with Gasteiger partial charge in [0.15, 0.2) is 0 Å². The summed E-state index contributed by atoms with van der Waals surface area (Å²) in [6.45, 7) is 9.39. The summed E-state index contributed by atoms with van der Waals surface area (Å²) in [5, 5.41) is 9.91. The van der Waals surface area contributed by atoms with Crippen LogP contribution in [-0.2, 0) is 5.41 Å². The largest absolute Gasteiger partial charge is 0.506 e. The predicted octanol–water partition coefficient (Wildman–Crippen LogP) is 8.55. The summed E-state index contributed by atoms with van der Waals surface area (Å²) < 4.78 is 5.99. The van der Waals surface area contributed by atoms with E-state index < -0.39 is 0 Å². The normalized spacial score (nSPS) is 11.3. The van der Waals surface area contributed by atoms with E-state index in [2.05, 4.69) is 27.7 Å². The molecule has 176 valence electrons. The number of nitrogens with two attached hydrogens (primary N) is 1. The molecule has 0 atom stereocenters. The van der Waals surface area contributed by atoms with Crippen LogP contribution in [0.2, 0.25) is 0 Å². The average Bonchev–Trinajstić information content (AvgIpc) is 2.66. The summed E-state index contributed by atoms with van der Waals surface area (Å²) in [7, 11) is 0. The number of benzene rings is 1. The second-order valence-electron chi connectivity index (χ2n) is 9.60. The van der Waals surface area contributed by atoms with Crippen molar-refractivity contribution in [3.8, 4) is 11.5 Å². The summed E-state index contributed by atoms with van der Waals surface area (Å²) in [5.74, 6) is 0.868. The maximum absolute atomic E-state index is 9.91. The lowest BCUT2D eigenvalue weighted by Crippen LogP contribution is -2.14. The number of hydrogen-bond donors (Lipinski definition) is 2. The molecule has 1 rings (SSSR count). The fraction of sp³-hybridized carbons (Fsp3) is 0.769. The Morgan fingerprint density at radius 1 is 0.767 bits per heavy atom. The van der Waals surface area contributed by atoms with Gasteiger partial charge >= 0.3 is 0 Å². The summed E-state index contributed by atoms with van der Waals surface area (Å²) in [6, 6.07) is 3.51. The van der Waals surface area contributed by atoms with E-state index in [1.165, 1.54) is 83.5 Å². The number of phenolic OH excluding ortho intramolecular Hbond substituents is 1. The van der Waals surface area contributed by atoms with Gasteiger partial charge in [-0.15, -0.1) is 12.4 Å². The molecule has 3 nitrogen and oxygen atoms in total. The van der Waals surface area contributed by atoms with Gasteiger partial charge in [0.2, 0.25) is 0 Å². The van der Waals surface area contributed by atoms with Crippen molar-refractivity contribution in [2.75, 3.05) is 12.3 Å². The molecule has 0 aliphatic rings. The van der Waals surface area contributed by atoms with E-state index in [9.17, 15) is 5.11 Å². The first-order valence-electron chi connectivity index (χ1n) is 12.1. The smallest absolute Gasteiger partial charge is 0.142 e. The van der Waals surface area contributed by atoms with Gasteiger partial charge in [-0.25, -0.2) is 0 Å². The van der Waals surface area contributed by atoms with Crippen molar-refractivity contribution in [1.29, 1.82) is 0 Å². The van der Waals surface area contributed by atoms with Crippen molar-refractivity contribution in [2.45, 2.75) is 123 Å². The lowest BCUT2D eigenvalue weighted by molar-refractivity contribution is 0.295. The topological polar surface area (TPSA) is 55.5 Å². The third kappa shape index (κ3) is 12.6. The van der Waals surface area contributed by atoms with Gasteiger partial charge in [-0.2, -0.15) is 0 Å². The SMILES string of the molecule is CCCCCCCCCCCCCCCCOc1cc(O)c(N)cc1C(C)(C)C.Cl. The number of ether oxygens (including phenoxy) is 1. The molecule has 0 unspecified atom stereocenters. The van der Waals surface area contributed by atoms with E-state index in [1.54, 1.807) is 6.07 Å². The van der Waals surface area contributed by atoms with Gasteiger partial charge in [0, 0.05) is 11.6 Å². The van der Waals surface area contributed by atoms with Gasteiger partial charge in [-0.1, -0.05) is 111 Å². The highest BCUT2D eigenvalue weighted by molar-refractivity contribution is 5.85. The number of anilines is 1. The zero-order valence-electron chi connectivity index (χ0n) is 20.1. The van der Waals surface area contributed by atoms with Crippen LogP contribution >= 0.6 is 12.4 Å². The molecule has 1 aromatic carbocycles. The molecule has 0 bridgehead atoms. The first kappa shape index (κ1) is 28.9. The summed E-state index contributed by atoms with van der Waals surface area (Å²) in [5.41, 5.74) is 7.27. The Morgan fingerprint density at radius 3 is 1.63 bits per heavy atom. The number of hydrogen-bond acceptors (Lipinski definition) is 3. The molecule has 0 radical (unpaired) electrons. The minimum Gasteiger partial charge on any atom is -0.506 e. The molecular formula is C26H48ClNO2. The minimum absolute atomic E-state index is 0. The van der Waals surface area contributed by atoms with Crippen molar-refractivity contribution < 1.29 is 9.84 Å². The lowest BCUT2D eigenvalue weighted by Gasteiger charge is -2.23. The number of rotatable bonds is 16. The van der Waals surface area contributed by atoms with Crippen LogP contribution in [0.3, 0.4) is 0 Å². The number of aromatic hydroxyl groups is 1. The van der Waals surface area contributed by atoms with Gasteiger partial charge < -0.3 is 15.6 Å². The van der Waals surface area contributed by atoms with Crippen molar-refractivity contribution in [3.63, 3.8) is 0 Å². The number of unbranched alkanes of at least 4 members (excludes halogenated alkanes) is 13. The quantitative estimate of drug-likeness (QED) is 0.153. The van der Waals surface area contributed by atoms with Crippen LogP contribution in [0.4, 0.5) is 5.69 Å². The fourth-order valence-corrected chi connectivity index (χ4v) is 3.77. The molecule has 0 aliphatic heterocycles. The molecule has 0 aromatic heterocycles. The summed E-state index contributed by atoms with van der Waals surface area (Å²) in [4.78, 5) is 0. The van der Waals surface area contributed by atoms with Crippen LogP contribution in [0.25, 0.3) is 0 Å². The fourth-order valence-electron chi connectivity index (χ4n) is 3.77. The van der Waals surface area contributed by atoms with Gasteiger partial charge in [0.05, 0.1) is 12.3 Å². The molecular weight excluding hydrogens is 394 g/mol. The van der Waals surface area contributed by atoms with Crippen LogP contribution < -0.4 is 10.5 Å². The van der Waals surface area contributed by atoms with Crippen LogP contribution in [0.1, 0.15) is 123 Å². The highest BCUT2D eigenvalue weighted by atomic mass is 35.5. The minimum atomic E-state index is -0.0628. The maximum Gasteiger partial charge on any atom is 0.142 e. The van der Waals surface area contributed by atoms with Gasteiger partial charge in [-0.05, 0) is 17.9 Å². The van der Waals surface area contributed by atoms with E-state index in [-0.39, 0.29) is 23.6 Å². The summed E-state index contributed by atoms with van der Waals surface area (Å²) >= 11 is 0. The van der Waals surface area contributed by atoms with Crippen molar-refractivity contribution in [2.24, 2.45) is 0 Å². The molecule has 0 heterocycles. The summed E-state index contributed by atoms with van der Waals surface area (Å²) in [6.07, 6.45) is 19.0. The first-order chi connectivity index (χ1) is 13.9. The molecule has 0 fully saturated rings. The van der Waals surface area contributed by atoms with Gasteiger partial charge in [0.1, 0.15) is 11.5 Å². The van der Waals surface area contributed by atoms with Crippen LogP contribution in [0.5, 0.6) is 11.5 Å². The van der Waals surface area contributed by atoms with Crippen LogP contribution in [0, 0.1) is 0 Å². The molecule has 0 saturated carbocycles. The standard InChI is InChI=1S/C26H47NO2.ClH/c1-5-6-7-8-9-10-11-12-13-14-15-16-17-18-19-29-25-21-24(28)23(27)20-22(25)26(2,3)4;/h20-21,28H,5-19,27H2,1-4H3;1H. The number of halogens is 1. The molecule has 0 saturated heterocycles. The molecule has 30 heavy (non-hydrogen) atoms. The maximum atomic E-state index is 9.91. The molecule has 3 N–H and O–H groups in total. The van der Waals surface area contributed by atoms with Crippen molar-refractivity contribution in [1.82, 2.24) is 0 Å². The monoisotopic (exact) mass is 441 g/mol. The molecule has 0 aliphatic carbocycles. The lowest BCUT2D eigenvalue weighted by atomic mass is 9.86. The highest BCUT2D eigenvalue weighted by Crippen LogP contribution is 2.37. The van der Waals surface area contributed by atoms with Crippen molar-refractivity contribution in [3.05, 3.63) is 17.7 Å². The predicted molar refractivity (Wildman–Crippen MR) is 134 cm³/mol. The average molecular weight is 442 g/mol. The highest BCUT2D eigenvalue weighted by Gasteiger charge is 2.21. The third-order valence-electron chi connectivity index (χ3n) is 5.69. The van der Waals surface area contributed by atoms with E-state index in [1.807, 2.05) is 6.07 Å². The first-order valence-corrected chi connectivity index (χ1v) is 12.1. The van der Waals surface area contributed by atoms with Gasteiger partial charge in [0.25, 0.3) is 0 Å². The van der Waals surface area contributed by atoms with E-state index in [0.29, 0.717) is 12.3 Å². The Hall–Kier alpha value is -1.09. The Morgan fingerprint density at radius 2 is 1.20 bits per heavy atom. The molecule has 0 spiro atoms. The molecule has 1 aromatic rings. The van der Waals surface area contributed by atoms with Crippen LogP contribution in [0.15, 0.2) is 12.1 Å². The Labute approximate surface area is 192 Å². The molecule has 4 heteroatoms. The third-order valence-corrected chi connectivity index (χ3v) is 5.69. The van der Waals surface area contributed by atoms with E-state index in [4.69, 9.17) is 10.5 Å². The van der Waals surface area contributed by atoms with E-state index >= 15 is 0 Å². The second kappa shape index (κ2) is 16.6. The van der Waals surface area contributed by atoms with Crippen molar-refractivity contribution >= 4 is 18.1 Å². The Balaban J connectivity index is 0.00000841. The zero-order valence-corrected chi connectivity index (χ0v) is 20.9. The van der Waals surface area contributed by atoms with Gasteiger partial charge in [-0.3, -0.25) is 0 Å². The Kier molecular flexibility index (Phi) is 16.0. The zero-order chi connectivity index (χ0) is 21.5.